The van der Waals surface area contributed by atoms with Gasteiger partial charge in [0.15, 0.2) is 0 Å². The topological polar surface area (TPSA) is 133 Å². The van der Waals surface area contributed by atoms with E-state index in [1.807, 2.05) is 88.8 Å². The Bertz CT molecular complexity index is 1520. The lowest BCUT2D eigenvalue weighted by Crippen LogP contribution is -2.59. The number of nitrogens with one attached hydrogen (secondary N) is 2. The number of amides is 4. The largest absolute Gasteiger partial charge is 0.379 e. The van der Waals surface area contributed by atoms with Crippen LogP contribution in [0.3, 0.4) is 0 Å². The number of carbonyl (C=O) groups is 4. The fourth-order valence-corrected chi connectivity index (χ4v) is 8.26. The molecule has 1 aromatic carbocycles. The molecule has 3 rings (SSSR count). The molecule has 8 atom stereocenters. The van der Waals surface area contributed by atoms with Gasteiger partial charge in [0.2, 0.25) is 23.6 Å². The van der Waals surface area contributed by atoms with Gasteiger partial charge in [0.05, 0.1) is 48.2 Å². The number of benzene rings is 1. The second-order valence-corrected chi connectivity index (χ2v) is 16.0. The average Bonchev–Trinajstić information content (AvgIpc) is 3.62. The van der Waals surface area contributed by atoms with Gasteiger partial charge < -0.3 is 29.9 Å². The maximum absolute atomic E-state index is 14.2. The molecular formula is C42H68N6O6. The lowest BCUT2D eigenvalue weighted by molar-refractivity contribution is -0.148. The van der Waals surface area contributed by atoms with Gasteiger partial charge in [-0.15, -0.1) is 0 Å². The number of para-hydroxylation sites is 1. The molecule has 1 aromatic heterocycles. The molecule has 0 aliphatic carbocycles. The van der Waals surface area contributed by atoms with Gasteiger partial charge in [-0.1, -0.05) is 79.2 Å². The number of fused-ring (bicyclic) bond motifs is 1. The first-order chi connectivity index (χ1) is 25.6. The second kappa shape index (κ2) is 20.9. The highest BCUT2D eigenvalue weighted by Gasteiger charge is 2.43. The van der Waals surface area contributed by atoms with Crippen LogP contribution in [-0.4, -0.2) is 128 Å². The van der Waals surface area contributed by atoms with Crippen molar-refractivity contribution in [1.82, 2.24) is 30.3 Å². The number of likely N-dealkylation sites (N-methyl/N-ethyl adjacent to an activating group) is 2. The quantitative estimate of drug-likeness (QED) is 0.202. The molecule has 54 heavy (non-hydrogen) atoms. The molecule has 1 aliphatic heterocycles. The van der Waals surface area contributed by atoms with E-state index in [1.54, 1.807) is 32.4 Å². The monoisotopic (exact) mass is 753 g/mol. The van der Waals surface area contributed by atoms with Crippen LogP contribution in [-0.2, 0) is 35.1 Å². The van der Waals surface area contributed by atoms with Crippen LogP contribution in [0.1, 0.15) is 79.7 Å². The smallest absolute Gasteiger partial charge is 0.245 e. The highest BCUT2D eigenvalue weighted by Crippen LogP contribution is 2.30. The minimum absolute atomic E-state index is 0.000116. The van der Waals surface area contributed by atoms with E-state index in [2.05, 4.69) is 29.5 Å². The molecule has 0 radical (unpaired) electrons. The Kier molecular flexibility index (Phi) is 17.3. The van der Waals surface area contributed by atoms with E-state index in [0.29, 0.717) is 25.9 Å². The van der Waals surface area contributed by atoms with Gasteiger partial charge in [-0.2, -0.15) is 0 Å². The van der Waals surface area contributed by atoms with E-state index in [9.17, 15) is 19.2 Å². The summed E-state index contributed by atoms with van der Waals surface area (Å²) >= 11 is 0. The minimum atomic E-state index is -0.745. The van der Waals surface area contributed by atoms with Crippen LogP contribution in [0.15, 0.2) is 36.5 Å². The molecule has 2 heterocycles. The summed E-state index contributed by atoms with van der Waals surface area (Å²) in [6.07, 6.45) is 3.65. The Morgan fingerprint density at radius 3 is 2.22 bits per heavy atom. The third-order valence-corrected chi connectivity index (χ3v) is 11.4. The van der Waals surface area contributed by atoms with Crippen LogP contribution < -0.4 is 10.6 Å². The molecule has 2 unspecified atom stereocenters. The number of hydrogen-bond acceptors (Lipinski definition) is 8. The molecule has 1 fully saturated rings. The predicted octanol–water partition coefficient (Wildman–Crippen LogP) is 4.54. The van der Waals surface area contributed by atoms with Crippen molar-refractivity contribution in [2.24, 2.45) is 23.7 Å². The summed E-state index contributed by atoms with van der Waals surface area (Å²) in [5.41, 5.74) is 2.00. The van der Waals surface area contributed by atoms with Crippen molar-refractivity contribution >= 4 is 34.5 Å². The molecule has 0 bridgehead atoms. The number of rotatable bonds is 20. The van der Waals surface area contributed by atoms with Crippen LogP contribution in [0.2, 0.25) is 0 Å². The second-order valence-electron chi connectivity index (χ2n) is 16.0. The van der Waals surface area contributed by atoms with Crippen molar-refractivity contribution in [3.8, 4) is 0 Å². The number of hydrogen-bond donors (Lipinski definition) is 2. The highest BCUT2D eigenvalue weighted by molar-refractivity contribution is 5.90. The van der Waals surface area contributed by atoms with Crippen molar-refractivity contribution in [1.29, 1.82) is 0 Å². The predicted molar refractivity (Wildman–Crippen MR) is 214 cm³/mol. The number of carbonyl (C=O) groups excluding carboxylic acids is 4. The Balaban J connectivity index is 1.73. The summed E-state index contributed by atoms with van der Waals surface area (Å²) < 4.78 is 12.0. The number of methoxy groups -OCH3 is 2. The third-order valence-electron chi connectivity index (χ3n) is 11.4. The summed E-state index contributed by atoms with van der Waals surface area (Å²) in [5.74, 6) is -1.24. The molecule has 2 aromatic rings. The SMILES string of the molecule is CC[C@H](C)C([C@@H](CC(=O)N1CCC[C@H]1[C@H](OC)[C@@H](C)C(=O)NCCc1cccc2cccnc12)OC)N(C)C(=O)[C@@H](NC(=O)C(C(C)C)N(C)C)C(C)C. The third kappa shape index (κ3) is 11.0. The summed E-state index contributed by atoms with van der Waals surface area (Å²) in [7, 11) is 8.66. The first-order valence-electron chi connectivity index (χ1n) is 19.8. The van der Waals surface area contributed by atoms with Crippen LogP contribution in [0.4, 0.5) is 0 Å². The molecule has 4 amide bonds. The summed E-state index contributed by atoms with van der Waals surface area (Å²) in [6.45, 7) is 14.8. The molecule has 2 N–H and O–H groups in total. The highest BCUT2D eigenvalue weighted by atomic mass is 16.5. The van der Waals surface area contributed by atoms with Crippen LogP contribution in [0.25, 0.3) is 10.9 Å². The molecule has 302 valence electrons. The Morgan fingerprint density at radius 1 is 0.944 bits per heavy atom. The van der Waals surface area contributed by atoms with Gasteiger partial charge in [-0.25, -0.2) is 0 Å². The maximum atomic E-state index is 14.2. The average molecular weight is 753 g/mol. The standard InChI is InChI=1S/C42H68N6O6/c1-13-28(6)38(47(10)42(52)35(26(2)3)45-41(51)37(27(4)5)46(8)9)33(53-11)25-34(49)48-24-16-20-32(48)39(54-12)29(7)40(50)44-23-21-31-18-14-17-30-19-15-22-43-36(30)31/h14-15,17-19,22,26-29,32-33,35,37-39H,13,16,20-21,23-25H2,1-12H3,(H,44,50)(H,45,51)/t28-,29+,32-,33+,35-,37?,38?,39+/m0/s1. The lowest BCUT2D eigenvalue weighted by atomic mass is 9.89. The van der Waals surface area contributed by atoms with Crippen LogP contribution >= 0.6 is 0 Å². The van der Waals surface area contributed by atoms with Gasteiger partial charge in [0.1, 0.15) is 6.04 Å². The molecular weight excluding hydrogens is 684 g/mol. The van der Waals surface area contributed by atoms with Crippen molar-refractivity contribution in [3.63, 3.8) is 0 Å². The van der Waals surface area contributed by atoms with Gasteiger partial charge in [0.25, 0.3) is 0 Å². The van der Waals surface area contributed by atoms with Crippen molar-refractivity contribution in [2.45, 2.75) is 117 Å². The summed E-state index contributed by atoms with van der Waals surface area (Å²) in [4.78, 5) is 65.2. The van der Waals surface area contributed by atoms with Gasteiger partial charge in [0, 0.05) is 45.9 Å². The zero-order valence-corrected chi connectivity index (χ0v) is 34.9. The first kappa shape index (κ1) is 44.8. The zero-order valence-electron chi connectivity index (χ0n) is 34.9. The van der Waals surface area contributed by atoms with E-state index in [0.717, 1.165) is 29.3 Å². The Labute approximate surface area is 324 Å². The van der Waals surface area contributed by atoms with E-state index in [1.165, 1.54) is 0 Å². The Hall–Kier alpha value is -3.61. The minimum Gasteiger partial charge on any atom is -0.379 e. The van der Waals surface area contributed by atoms with Gasteiger partial charge in [-0.05, 0) is 62.7 Å². The molecule has 1 saturated heterocycles. The number of pyridine rings is 1. The Morgan fingerprint density at radius 2 is 1.63 bits per heavy atom. The summed E-state index contributed by atoms with van der Waals surface area (Å²) in [5, 5.41) is 7.20. The van der Waals surface area contributed by atoms with Gasteiger partial charge in [-0.3, -0.25) is 29.1 Å². The van der Waals surface area contributed by atoms with Crippen molar-refractivity contribution in [2.75, 3.05) is 48.5 Å². The molecule has 12 heteroatoms. The van der Waals surface area contributed by atoms with E-state index >= 15 is 0 Å². The van der Waals surface area contributed by atoms with Crippen LogP contribution in [0, 0.1) is 23.7 Å². The fraction of sp³-hybridized carbons (Fsp3) is 0.690. The normalized spacial score (nSPS) is 18.6. The lowest BCUT2D eigenvalue weighted by Gasteiger charge is -2.41. The molecule has 0 saturated carbocycles. The molecule has 1 aliphatic rings. The van der Waals surface area contributed by atoms with Crippen molar-refractivity contribution in [3.05, 3.63) is 42.1 Å². The molecule has 0 spiro atoms. The number of likely N-dealkylation sites (tertiary alicyclic amines) is 1. The number of aromatic nitrogens is 1. The van der Waals surface area contributed by atoms with E-state index < -0.39 is 30.2 Å². The fourth-order valence-electron chi connectivity index (χ4n) is 8.26. The van der Waals surface area contributed by atoms with E-state index in [4.69, 9.17) is 9.47 Å². The van der Waals surface area contributed by atoms with Crippen LogP contribution in [0.5, 0.6) is 0 Å². The number of nitrogens with zero attached hydrogens (tertiary/aromatic N) is 4. The first-order valence-corrected chi connectivity index (χ1v) is 19.8. The van der Waals surface area contributed by atoms with E-state index in [-0.39, 0.29) is 59.9 Å². The van der Waals surface area contributed by atoms with Crippen molar-refractivity contribution < 1.29 is 28.7 Å². The maximum Gasteiger partial charge on any atom is 0.245 e. The summed E-state index contributed by atoms with van der Waals surface area (Å²) in [6, 6.07) is 8.17. The molecule has 12 nitrogen and oxygen atoms in total. The number of ether oxygens (including phenoxy) is 2. The van der Waals surface area contributed by atoms with Gasteiger partial charge >= 0.3 is 0 Å². The zero-order chi connectivity index (χ0) is 40.3.